The minimum atomic E-state index is -2.77. The molecule has 9 heteroatoms. The third kappa shape index (κ3) is 5.85. The minimum Gasteiger partial charge on any atom is -0.481 e. The van der Waals surface area contributed by atoms with Crippen molar-refractivity contribution in [3.63, 3.8) is 0 Å². The van der Waals surface area contributed by atoms with Crippen LogP contribution in [0, 0.1) is 35.6 Å². The van der Waals surface area contributed by atoms with Crippen LogP contribution in [0.25, 0.3) is 0 Å². The molecule has 1 atom stereocenters. The van der Waals surface area contributed by atoms with Gasteiger partial charge >= 0.3 is 17.9 Å². The molecule has 0 saturated carbocycles. The third-order valence-corrected chi connectivity index (χ3v) is 1.38. The molecule has 0 aromatic carbocycles. The van der Waals surface area contributed by atoms with E-state index in [0.29, 0.717) is 0 Å². The molecule has 83 valence electrons. The Morgan fingerprint density at radius 3 is 1.87 bits per heavy atom. The molecule has 0 saturated heterocycles. The Kier molecular flexibility index (Phi) is 7.80. The molecule has 0 fully saturated rings. The van der Waals surface area contributed by atoms with Gasteiger partial charge in [0, 0.05) is 35.6 Å². The molecule has 0 rings (SSSR count). The molecule has 0 bridgehead atoms. The van der Waals surface area contributed by atoms with Crippen molar-refractivity contribution in [3.05, 3.63) is 0 Å². The van der Waals surface area contributed by atoms with E-state index in [1.54, 1.807) is 0 Å². The van der Waals surface area contributed by atoms with Crippen LogP contribution in [0.5, 0.6) is 0 Å². The molecule has 0 aromatic rings. The molecule has 1 radical (unpaired) electrons. The summed E-state index contributed by atoms with van der Waals surface area (Å²) in [6, 6.07) is 0. The van der Waals surface area contributed by atoms with E-state index in [-0.39, 0.29) is 35.6 Å². The van der Waals surface area contributed by atoms with E-state index in [0.717, 1.165) is 0 Å². The number of aliphatic carboxylic acids is 2. The standard InChI is InChI=1S/C6H8O8.La/c7-3(8)1-6(12,5(10)11)2-4(9)14-13;/h12-13H,1-2H2,(H,7,8)(H,10,11);. The molecule has 15 heavy (non-hydrogen) atoms. The number of carbonyl (C=O) groups excluding carboxylic acids is 1. The van der Waals surface area contributed by atoms with Gasteiger partial charge in [-0.25, -0.2) is 9.59 Å². The van der Waals surface area contributed by atoms with Crippen LogP contribution in [0.15, 0.2) is 0 Å². The van der Waals surface area contributed by atoms with Crippen molar-refractivity contribution in [2.45, 2.75) is 18.4 Å². The second-order valence-corrected chi connectivity index (χ2v) is 2.55. The predicted octanol–water partition coefficient (Wildman–Crippen LogP) is -1.32. The largest absolute Gasteiger partial charge is 0.481 e. The Morgan fingerprint density at radius 2 is 1.60 bits per heavy atom. The van der Waals surface area contributed by atoms with E-state index in [9.17, 15) is 14.4 Å². The Bertz CT molecular complexity index is 264. The molecule has 0 aliphatic heterocycles. The summed E-state index contributed by atoms with van der Waals surface area (Å²) in [7, 11) is 0. The molecule has 1 unspecified atom stereocenters. The number of hydrogen-bond donors (Lipinski definition) is 4. The summed E-state index contributed by atoms with van der Waals surface area (Å²) in [6.45, 7) is 0. The van der Waals surface area contributed by atoms with Crippen LogP contribution in [-0.2, 0) is 19.3 Å². The van der Waals surface area contributed by atoms with Crippen molar-refractivity contribution in [2.75, 3.05) is 0 Å². The fraction of sp³-hybridized carbons (Fsp3) is 0.500. The Hall–Kier alpha value is -0.475. The maximum atomic E-state index is 10.4. The molecule has 0 heterocycles. The first-order valence-electron chi connectivity index (χ1n) is 3.33. The molecule has 0 spiro atoms. The van der Waals surface area contributed by atoms with Crippen molar-refractivity contribution in [2.24, 2.45) is 0 Å². The van der Waals surface area contributed by atoms with Crippen LogP contribution < -0.4 is 0 Å². The summed E-state index contributed by atoms with van der Waals surface area (Å²) in [4.78, 5) is 34.1. The van der Waals surface area contributed by atoms with Crippen molar-refractivity contribution < 1.29 is 75.4 Å². The van der Waals surface area contributed by atoms with E-state index in [2.05, 4.69) is 4.89 Å². The van der Waals surface area contributed by atoms with E-state index < -0.39 is 36.4 Å². The normalized spacial score (nSPS) is 13.2. The zero-order valence-electron chi connectivity index (χ0n) is 7.41. The van der Waals surface area contributed by atoms with E-state index in [1.807, 2.05) is 0 Å². The van der Waals surface area contributed by atoms with Gasteiger partial charge in [0.2, 0.25) is 0 Å². The average molecular weight is 347 g/mol. The summed E-state index contributed by atoms with van der Waals surface area (Å²) < 4.78 is 0. The van der Waals surface area contributed by atoms with Crippen LogP contribution in [0.3, 0.4) is 0 Å². The maximum absolute atomic E-state index is 10.4. The maximum Gasteiger partial charge on any atom is 0.345 e. The van der Waals surface area contributed by atoms with Crippen molar-refractivity contribution in [1.82, 2.24) is 0 Å². The van der Waals surface area contributed by atoms with Crippen LogP contribution in [0.4, 0.5) is 0 Å². The topological polar surface area (TPSA) is 141 Å². The monoisotopic (exact) mass is 347 g/mol. The van der Waals surface area contributed by atoms with E-state index in [1.165, 1.54) is 0 Å². The zero-order valence-corrected chi connectivity index (χ0v) is 11.0. The fourth-order valence-corrected chi connectivity index (χ4v) is 0.735. The summed E-state index contributed by atoms with van der Waals surface area (Å²) in [6.07, 6.45) is -2.32. The van der Waals surface area contributed by atoms with Gasteiger partial charge < -0.3 is 20.2 Å². The Morgan fingerprint density at radius 1 is 1.13 bits per heavy atom. The molecular weight excluding hydrogens is 339 g/mol. The molecular formula is C6H8LaO8. The van der Waals surface area contributed by atoms with Gasteiger partial charge in [-0.2, -0.15) is 5.26 Å². The summed E-state index contributed by atoms with van der Waals surface area (Å²) in [5, 5.41) is 33.6. The second-order valence-electron chi connectivity index (χ2n) is 2.55. The van der Waals surface area contributed by atoms with Gasteiger partial charge in [0.1, 0.15) is 0 Å². The molecule has 4 N–H and O–H groups in total. The number of hydrogen-bond acceptors (Lipinski definition) is 6. The predicted molar refractivity (Wildman–Crippen MR) is 38.2 cm³/mol. The number of carbonyl (C=O) groups is 3. The quantitative estimate of drug-likeness (QED) is 0.355. The van der Waals surface area contributed by atoms with Crippen molar-refractivity contribution >= 4 is 17.9 Å². The molecule has 0 aliphatic carbocycles. The average Bonchev–Trinajstić information content (AvgIpc) is 2.02. The zero-order chi connectivity index (χ0) is 11.4. The van der Waals surface area contributed by atoms with Crippen LogP contribution in [0.1, 0.15) is 12.8 Å². The summed E-state index contributed by atoms with van der Waals surface area (Å²) in [5.74, 6) is -4.91. The third-order valence-electron chi connectivity index (χ3n) is 1.38. The number of carboxylic acids is 2. The van der Waals surface area contributed by atoms with Crippen molar-refractivity contribution in [3.8, 4) is 0 Å². The smallest absolute Gasteiger partial charge is 0.345 e. The van der Waals surface area contributed by atoms with Gasteiger partial charge in [-0.15, -0.1) is 0 Å². The first kappa shape index (κ1) is 16.9. The van der Waals surface area contributed by atoms with E-state index in [4.69, 9.17) is 20.6 Å². The van der Waals surface area contributed by atoms with Gasteiger partial charge in [-0.3, -0.25) is 4.79 Å². The SMILES string of the molecule is O=C(O)CC(O)(CC(=O)OO)C(=O)O.[La]. The molecule has 0 aromatic heterocycles. The van der Waals surface area contributed by atoms with E-state index >= 15 is 0 Å². The van der Waals surface area contributed by atoms with Crippen molar-refractivity contribution in [1.29, 1.82) is 0 Å². The van der Waals surface area contributed by atoms with Gasteiger partial charge in [0.05, 0.1) is 12.8 Å². The first-order valence-corrected chi connectivity index (χ1v) is 3.33. The first-order chi connectivity index (χ1) is 6.31. The number of aliphatic hydroxyl groups is 1. The van der Waals surface area contributed by atoms with Crippen LogP contribution in [0.2, 0.25) is 0 Å². The molecule has 8 nitrogen and oxygen atoms in total. The van der Waals surface area contributed by atoms with Gasteiger partial charge in [0.15, 0.2) is 5.60 Å². The van der Waals surface area contributed by atoms with Gasteiger partial charge in [-0.1, -0.05) is 0 Å². The Balaban J connectivity index is 0. The van der Waals surface area contributed by atoms with Crippen LogP contribution in [-0.4, -0.2) is 44.1 Å². The summed E-state index contributed by atoms with van der Waals surface area (Å²) in [5.41, 5.74) is -2.77. The molecule has 0 aliphatic rings. The second kappa shape index (κ2) is 6.91. The summed E-state index contributed by atoms with van der Waals surface area (Å²) >= 11 is 0. The number of carboxylic acid groups (broad SMARTS) is 2. The Labute approximate surface area is 111 Å². The molecule has 0 amide bonds. The number of rotatable bonds is 5. The van der Waals surface area contributed by atoms with Gasteiger partial charge in [-0.05, 0) is 0 Å². The minimum absolute atomic E-state index is 0. The fourth-order valence-electron chi connectivity index (χ4n) is 0.735. The van der Waals surface area contributed by atoms with Crippen LogP contribution >= 0.6 is 0 Å². The van der Waals surface area contributed by atoms with Gasteiger partial charge in [0.25, 0.3) is 0 Å².